The number of halogens is 2. The maximum Gasteiger partial charge on any atom is 0.273 e. The molecule has 0 unspecified atom stereocenters. The molecule has 0 aliphatic carbocycles. The molecule has 0 atom stereocenters. The number of anilines is 1. The zero-order valence-electron chi connectivity index (χ0n) is 7.50. The van der Waals surface area contributed by atoms with Crippen molar-refractivity contribution in [2.75, 3.05) is 5.73 Å². The number of nitrogens with zero attached hydrogens (tertiary/aromatic N) is 1. The molecule has 0 amide bonds. The van der Waals surface area contributed by atoms with Crippen LogP contribution in [0.4, 0.5) is 10.2 Å². The van der Waals surface area contributed by atoms with E-state index in [1.54, 1.807) is 0 Å². The van der Waals surface area contributed by atoms with Gasteiger partial charge in [-0.2, -0.15) is 0 Å². The van der Waals surface area contributed by atoms with Crippen LogP contribution in [0.15, 0.2) is 29.1 Å². The first-order valence-electron chi connectivity index (χ1n) is 4.11. The predicted octanol–water partition coefficient (Wildman–Crippen LogP) is 1.54. The second-order valence-electron chi connectivity index (χ2n) is 2.98. The molecule has 1 heterocycles. The Kier molecular flexibility index (Phi) is 2.24. The van der Waals surface area contributed by atoms with E-state index in [2.05, 4.69) is 5.10 Å². The molecule has 15 heavy (non-hydrogen) atoms. The van der Waals surface area contributed by atoms with Crippen LogP contribution in [0.2, 0.25) is 5.02 Å². The topological polar surface area (TPSA) is 63.8 Å². The van der Waals surface area contributed by atoms with Crippen molar-refractivity contribution in [1.82, 2.24) is 9.78 Å². The van der Waals surface area contributed by atoms with Gasteiger partial charge < -0.3 is 5.73 Å². The fourth-order valence-electron chi connectivity index (χ4n) is 1.23. The summed E-state index contributed by atoms with van der Waals surface area (Å²) in [6.45, 7) is 0. The molecule has 0 radical (unpaired) electrons. The lowest BCUT2D eigenvalue weighted by atomic mass is 10.3. The summed E-state index contributed by atoms with van der Waals surface area (Å²) >= 11 is 5.59. The second-order valence-corrected chi connectivity index (χ2v) is 3.39. The molecule has 0 saturated carbocycles. The average molecular weight is 228 g/mol. The zero-order chi connectivity index (χ0) is 11.0. The lowest BCUT2D eigenvalue weighted by Gasteiger charge is -2.02. The number of H-pyrrole nitrogens is 1. The fourth-order valence-corrected chi connectivity index (χ4v) is 1.40. The van der Waals surface area contributed by atoms with Crippen LogP contribution in [-0.2, 0) is 0 Å². The third-order valence-corrected chi connectivity index (χ3v) is 2.19. The third kappa shape index (κ3) is 1.73. The quantitative estimate of drug-likeness (QED) is 0.776. The van der Waals surface area contributed by atoms with Gasteiger partial charge in [0.05, 0.1) is 10.7 Å². The molecule has 4 nitrogen and oxygen atoms in total. The minimum atomic E-state index is -0.534. The highest BCUT2D eigenvalue weighted by atomic mass is 35.5. The summed E-state index contributed by atoms with van der Waals surface area (Å²) in [5.41, 5.74) is 5.51. The number of nitrogens with one attached hydrogen (secondary N) is 1. The molecule has 3 N–H and O–H groups in total. The lowest BCUT2D eigenvalue weighted by Crippen LogP contribution is -2.13. The van der Waals surface area contributed by atoms with E-state index in [1.807, 2.05) is 0 Å². The molecular formula is C9H7ClFN3O. The van der Waals surface area contributed by atoms with E-state index in [0.717, 1.165) is 0 Å². The van der Waals surface area contributed by atoms with Gasteiger partial charge in [0.15, 0.2) is 0 Å². The van der Waals surface area contributed by atoms with Gasteiger partial charge in [0.1, 0.15) is 11.6 Å². The van der Waals surface area contributed by atoms with Gasteiger partial charge in [0.2, 0.25) is 0 Å². The molecular weight excluding hydrogens is 221 g/mol. The largest absolute Gasteiger partial charge is 0.384 e. The highest BCUT2D eigenvalue weighted by Gasteiger charge is 2.05. The highest BCUT2D eigenvalue weighted by molar-refractivity contribution is 6.30. The van der Waals surface area contributed by atoms with Crippen LogP contribution in [0, 0.1) is 5.82 Å². The van der Waals surface area contributed by atoms with E-state index in [0.29, 0.717) is 5.69 Å². The summed E-state index contributed by atoms with van der Waals surface area (Å²) in [5, 5.41) is 2.56. The Balaban J connectivity index is 2.59. The van der Waals surface area contributed by atoms with Crippen LogP contribution in [0.5, 0.6) is 0 Å². The van der Waals surface area contributed by atoms with Gasteiger partial charge in [-0.05, 0) is 18.2 Å². The first-order chi connectivity index (χ1) is 7.08. The van der Waals surface area contributed by atoms with Crippen LogP contribution >= 0.6 is 11.6 Å². The highest BCUT2D eigenvalue weighted by Crippen LogP contribution is 2.17. The van der Waals surface area contributed by atoms with Gasteiger partial charge >= 0.3 is 0 Å². The van der Waals surface area contributed by atoms with E-state index >= 15 is 0 Å². The van der Waals surface area contributed by atoms with Gasteiger partial charge in [-0.3, -0.25) is 9.89 Å². The Morgan fingerprint density at radius 1 is 1.40 bits per heavy atom. The number of nitrogens with two attached hydrogens (primary N) is 1. The molecule has 2 aromatic rings. The summed E-state index contributed by atoms with van der Waals surface area (Å²) in [7, 11) is 0. The monoisotopic (exact) mass is 227 g/mol. The molecule has 78 valence electrons. The SMILES string of the molecule is Nc1cc(=O)n(-c2ccc(F)c(Cl)c2)[nH]1. The number of aromatic nitrogens is 2. The van der Waals surface area contributed by atoms with Crippen molar-refractivity contribution in [2.45, 2.75) is 0 Å². The Bertz CT molecular complexity index is 561. The van der Waals surface area contributed by atoms with Crippen molar-refractivity contribution in [2.24, 2.45) is 0 Å². The summed E-state index contributed by atoms with van der Waals surface area (Å²) < 4.78 is 14.0. The van der Waals surface area contributed by atoms with E-state index in [9.17, 15) is 9.18 Å². The van der Waals surface area contributed by atoms with Crippen LogP contribution in [-0.4, -0.2) is 9.78 Å². The Morgan fingerprint density at radius 3 is 2.67 bits per heavy atom. The molecule has 1 aromatic heterocycles. The van der Waals surface area contributed by atoms with E-state index in [1.165, 1.54) is 28.9 Å². The van der Waals surface area contributed by atoms with Gasteiger partial charge in [0, 0.05) is 6.07 Å². The van der Waals surface area contributed by atoms with E-state index in [4.69, 9.17) is 17.3 Å². The van der Waals surface area contributed by atoms with Crippen molar-refractivity contribution < 1.29 is 4.39 Å². The van der Waals surface area contributed by atoms with Gasteiger partial charge in [-0.1, -0.05) is 11.6 Å². The average Bonchev–Trinajstić information content (AvgIpc) is 2.50. The van der Waals surface area contributed by atoms with E-state index < -0.39 is 5.82 Å². The van der Waals surface area contributed by atoms with Crippen molar-refractivity contribution in [3.05, 3.63) is 45.5 Å². The van der Waals surface area contributed by atoms with Crippen molar-refractivity contribution in [3.8, 4) is 5.69 Å². The lowest BCUT2D eigenvalue weighted by molar-refractivity contribution is 0.627. The number of nitrogen functional groups attached to an aromatic ring is 1. The maximum absolute atomic E-state index is 12.9. The molecule has 0 saturated heterocycles. The summed E-state index contributed by atoms with van der Waals surface area (Å²) in [4.78, 5) is 11.4. The normalized spacial score (nSPS) is 10.5. The maximum atomic E-state index is 12.9. The van der Waals surface area contributed by atoms with Crippen molar-refractivity contribution >= 4 is 17.4 Å². The number of aromatic amines is 1. The smallest absolute Gasteiger partial charge is 0.273 e. The van der Waals surface area contributed by atoms with Crippen LogP contribution in [0.25, 0.3) is 5.69 Å². The number of hydrogen-bond acceptors (Lipinski definition) is 2. The summed E-state index contributed by atoms with van der Waals surface area (Å²) in [6, 6.07) is 5.19. The molecule has 0 aliphatic heterocycles. The van der Waals surface area contributed by atoms with Crippen LogP contribution in [0.1, 0.15) is 0 Å². The Labute approximate surface area is 89.1 Å². The Morgan fingerprint density at radius 2 is 2.13 bits per heavy atom. The standard InChI is InChI=1S/C9H7ClFN3O/c10-6-3-5(1-2-7(6)11)14-9(15)4-8(12)13-14/h1-4,13H,12H2. The minimum absolute atomic E-state index is 0.0485. The Hall–Kier alpha value is -1.75. The molecule has 6 heteroatoms. The summed E-state index contributed by atoms with van der Waals surface area (Å²) in [6.07, 6.45) is 0. The van der Waals surface area contributed by atoms with Gasteiger partial charge in [-0.15, -0.1) is 0 Å². The minimum Gasteiger partial charge on any atom is -0.384 e. The number of hydrogen-bond donors (Lipinski definition) is 2. The molecule has 0 bridgehead atoms. The third-order valence-electron chi connectivity index (χ3n) is 1.90. The number of benzene rings is 1. The fraction of sp³-hybridized carbons (Fsp3) is 0. The molecule has 1 aromatic carbocycles. The first-order valence-corrected chi connectivity index (χ1v) is 4.48. The second kappa shape index (κ2) is 3.43. The van der Waals surface area contributed by atoms with Gasteiger partial charge in [0.25, 0.3) is 5.56 Å². The summed E-state index contributed by atoms with van der Waals surface area (Å²) in [5.74, 6) is -0.298. The van der Waals surface area contributed by atoms with Crippen molar-refractivity contribution in [3.63, 3.8) is 0 Å². The van der Waals surface area contributed by atoms with E-state index in [-0.39, 0.29) is 16.4 Å². The molecule has 0 aliphatic rings. The molecule has 0 fully saturated rings. The first kappa shape index (κ1) is 9.79. The number of rotatable bonds is 1. The van der Waals surface area contributed by atoms with Crippen LogP contribution in [0.3, 0.4) is 0 Å². The van der Waals surface area contributed by atoms with Crippen LogP contribution < -0.4 is 11.3 Å². The molecule has 0 spiro atoms. The van der Waals surface area contributed by atoms with Crippen molar-refractivity contribution in [1.29, 1.82) is 0 Å². The molecule has 2 rings (SSSR count). The zero-order valence-corrected chi connectivity index (χ0v) is 8.25. The predicted molar refractivity (Wildman–Crippen MR) is 55.8 cm³/mol. The van der Waals surface area contributed by atoms with Gasteiger partial charge in [-0.25, -0.2) is 9.07 Å².